The molecule has 2 heterocycles. The second-order valence-electron chi connectivity index (χ2n) is 6.59. The maximum absolute atomic E-state index is 13.0. The molecule has 0 aliphatic carbocycles. The summed E-state index contributed by atoms with van der Waals surface area (Å²) in [5, 5.41) is 1.26. The number of hydrogen-bond donors (Lipinski definition) is 0. The van der Waals surface area contributed by atoms with Gasteiger partial charge in [-0.2, -0.15) is 16.8 Å². The standard InChI is InChI=1S/C20H17ClN2O3S4/c1-27-10-9-23-14-8-7-12(30(2,25)26)11-16(14)29-20(23)22-19(24)18-17(21)13-5-3-4-6-15(13)28-18/h3-8,11H,9-10H2,1-2H3. The molecular formula is C20H17ClN2O3S4. The number of sulfone groups is 1. The Balaban J connectivity index is 1.87. The van der Waals surface area contributed by atoms with Crippen molar-refractivity contribution in [3.8, 4) is 0 Å². The largest absolute Gasteiger partial charge is 0.316 e. The van der Waals surface area contributed by atoms with Crippen LogP contribution in [0.15, 0.2) is 52.4 Å². The van der Waals surface area contributed by atoms with Crippen LogP contribution in [0.3, 0.4) is 0 Å². The highest BCUT2D eigenvalue weighted by atomic mass is 35.5. The minimum Gasteiger partial charge on any atom is -0.316 e. The Morgan fingerprint density at radius 2 is 1.93 bits per heavy atom. The van der Waals surface area contributed by atoms with E-state index in [2.05, 4.69) is 4.99 Å². The Bertz CT molecular complexity index is 1450. The first-order valence-electron chi connectivity index (χ1n) is 8.88. The van der Waals surface area contributed by atoms with Crippen LogP contribution in [-0.2, 0) is 16.4 Å². The van der Waals surface area contributed by atoms with Crippen molar-refractivity contribution in [1.82, 2.24) is 4.57 Å². The molecule has 0 unspecified atom stereocenters. The third-order valence-corrected chi connectivity index (χ3v) is 8.93. The SMILES string of the molecule is CSCCn1c(=NC(=O)c2sc3ccccc3c2Cl)sc2cc(S(C)(=O)=O)ccc21. The number of rotatable bonds is 5. The number of thiophene rings is 1. The molecule has 0 atom stereocenters. The molecule has 0 radical (unpaired) electrons. The fourth-order valence-electron chi connectivity index (χ4n) is 3.06. The van der Waals surface area contributed by atoms with Crippen molar-refractivity contribution in [1.29, 1.82) is 0 Å². The van der Waals surface area contributed by atoms with Crippen molar-refractivity contribution in [3.63, 3.8) is 0 Å². The van der Waals surface area contributed by atoms with Gasteiger partial charge in [0.05, 0.1) is 20.1 Å². The Hall–Kier alpha value is -1.65. The van der Waals surface area contributed by atoms with E-state index in [0.717, 1.165) is 26.1 Å². The van der Waals surface area contributed by atoms with Crippen LogP contribution in [0, 0.1) is 0 Å². The molecule has 2 aromatic heterocycles. The molecule has 0 N–H and O–H groups in total. The average Bonchev–Trinajstić information content (AvgIpc) is 3.22. The number of aromatic nitrogens is 1. The van der Waals surface area contributed by atoms with Gasteiger partial charge in [-0.3, -0.25) is 4.79 Å². The number of thiazole rings is 1. The van der Waals surface area contributed by atoms with Crippen LogP contribution in [0.4, 0.5) is 0 Å². The van der Waals surface area contributed by atoms with Gasteiger partial charge in [0.25, 0.3) is 5.91 Å². The first-order chi connectivity index (χ1) is 14.3. The average molecular weight is 497 g/mol. The van der Waals surface area contributed by atoms with Gasteiger partial charge in [0, 0.05) is 28.6 Å². The summed E-state index contributed by atoms with van der Waals surface area (Å²) in [5.74, 6) is 0.444. The van der Waals surface area contributed by atoms with Crippen LogP contribution in [0.5, 0.6) is 0 Å². The second kappa shape index (κ2) is 8.47. The number of hydrogen-bond acceptors (Lipinski definition) is 6. The number of thioether (sulfide) groups is 1. The van der Waals surface area contributed by atoms with Gasteiger partial charge in [-0.25, -0.2) is 8.42 Å². The van der Waals surface area contributed by atoms with Crippen LogP contribution in [0.2, 0.25) is 5.02 Å². The van der Waals surface area contributed by atoms with Gasteiger partial charge in [-0.05, 0) is 30.5 Å². The lowest BCUT2D eigenvalue weighted by Gasteiger charge is -2.04. The molecule has 0 fully saturated rings. The van der Waals surface area contributed by atoms with Gasteiger partial charge >= 0.3 is 0 Å². The molecular weight excluding hydrogens is 480 g/mol. The molecule has 30 heavy (non-hydrogen) atoms. The van der Waals surface area contributed by atoms with Crippen LogP contribution >= 0.6 is 46.0 Å². The normalized spacial score (nSPS) is 12.8. The Morgan fingerprint density at radius 1 is 1.17 bits per heavy atom. The van der Waals surface area contributed by atoms with Gasteiger partial charge in [0.1, 0.15) is 4.88 Å². The van der Waals surface area contributed by atoms with Crippen LogP contribution in [-0.4, -0.2) is 37.2 Å². The number of nitrogens with zero attached hydrogens (tertiary/aromatic N) is 2. The molecule has 0 saturated carbocycles. The zero-order valence-corrected chi connectivity index (χ0v) is 20.1. The monoisotopic (exact) mass is 496 g/mol. The molecule has 156 valence electrons. The summed E-state index contributed by atoms with van der Waals surface area (Å²) in [6, 6.07) is 12.6. The zero-order valence-electron chi connectivity index (χ0n) is 16.1. The molecule has 4 aromatic rings. The fraction of sp³-hybridized carbons (Fsp3) is 0.200. The topological polar surface area (TPSA) is 68.5 Å². The van der Waals surface area contributed by atoms with E-state index < -0.39 is 15.7 Å². The predicted octanol–water partition coefficient (Wildman–Crippen LogP) is 5.08. The summed E-state index contributed by atoms with van der Waals surface area (Å²) in [4.78, 5) is 18.5. The van der Waals surface area contributed by atoms with Crippen molar-refractivity contribution in [2.45, 2.75) is 11.4 Å². The molecule has 1 amide bonds. The molecule has 0 aliphatic rings. The van der Waals surface area contributed by atoms with Crippen molar-refractivity contribution in [2.24, 2.45) is 4.99 Å². The molecule has 5 nitrogen and oxygen atoms in total. The lowest BCUT2D eigenvalue weighted by molar-refractivity contribution is 0.100. The predicted molar refractivity (Wildman–Crippen MR) is 128 cm³/mol. The van der Waals surface area contributed by atoms with Crippen LogP contribution < -0.4 is 4.80 Å². The lowest BCUT2D eigenvalue weighted by atomic mass is 10.2. The zero-order chi connectivity index (χ0) is 21.5. The van der Waals surface area contributed by atoms with Gasteiger partial charge in [-0.1, -0.05) is 41.1 Å². The number of aryl methyl sites for hydroxylation is 1. The quantitative estimate of drug-likeness (QED) is 0.386. The summed E-state index contributed by atoms with van der Waals surface area (Å²) in [6.07, 6.45) is 3.19. The van der Waals surface area contributed by atoms with Crippen LogP contribution in [0.25, 0.3) is 20.3 Å². The van der Waals surface area contributed by atoms with Crippen molar-refractivity contribution < 1.29 is 13.2 Å². The molecule has 2 aromatic carbocycles. The third-order valence-electron chi connectivity index (χ3n) is 4.53. The van der Waals surface area contributed by atoms with Crippen molar-refractivity contribution in [2.75, 3.05) is 18.3 Å². The van der Waals surface area contributed by atoms with E-state index >= 15 is 0 Å². The van der Waals surface area contributed by atoms with E-state index in [4.69, 9.17) is 11.6 Å². The smallest absolute Gasteiger partial charge is 0.291 e. The number of benzene rings is 2. The maximum atomic E-state index is 13.0. The van der Waals surface area contributed by atoms with Gasteiger partial charge < -0.3 is 4.57 Å². The van der Waals surface area contributed by atoms with E-state index in [-0.39, 0.29) is 4.90 Å². The summed E-state index contributed by atoms with van der Waals surface area (Å²) >= 11 is 10.8. The Kier molecular flexibility index (Phi) is 6.09. The minimum atomic E-state index is -3.32. The number of amides is 1. The van der Waals surface area contributed by atoms with E-state index in [1.165, 1.54) is 28.9 Å². The van der Waals surface area contributed by atoms with Gasteiger partial charge in [-0.15, -0.1) is 11.3 Å². The highest BCUT2D eigenvalue weighted by Crippen LogP contribution is 2.35. The van der Waals surface area contributed by atoms with E-state index in [0.29, 0.717) is 21.2 Å². The molecule has 10 heteroatoms. The molecule has 0 bridgehead atoms. The minimum absolute atomic E-state index is 0.249. The first-order valence-corrected chi connectivity index (χ1v) is 14.2. The Labute approximate surface area is 190 Å². The van der Waals surface area contributed by atoms with E-state index in [1.54, 1.807) is 30.0 Å². The van der Waals surface area contributed by atoms with Gasteiger partial charge in [0.2, 0.25) is 0 Å². The van der Waals surface area contributed by atoms with E-state index in [1.807, 2.05) is 35.1 Å². The van der Waals surface area contributed by atoms with Gasteiger partial charge in [0.15, 0.2) is 14.6 Å². The number of carbonyl (C=O) groups is 1. The number of carbonyl (C=O) groups excluding carboxylic acids is 1. The summed E-state index contributed by atoms with van der Waals surface area (Å²) in [6.45, 7) is 0.658. The molecule has 0 aliphatic heterocycles. The van der Waals surface area contributed by atoms with Crippen molar-refractivity contribution in [3.05, 3.63) is 57.2 Å². The molecule has 4 rings (SSSR count). The molecule has 0 saturated heterocycles. The number of fused-ring (bicyclic) bond motifs is 2. The fourth-order valence-corrected chi connectivity index (χ4v) is 6.63. The molecule has 0 spiro atoms. The Morgan fingerprint density at radius 3 is 2.63 bits per heavy atom. The summed E-state index contributed by atoms with van der Waals surface area (Å²) in [5.41, 5.74) is 0.857. The summed E-state index contributed by atoms with van der Waals surface area (Å²) < 4.78 is 27.5. The van der Waals surface area contributed by atoms with Crippen molar-refractivity contribution >= 4 is 82.1 Å². The number of halogens is 1. The second-order valence-corrected chi connectivity index (χ2v) is 12.0. The maximum Gasteiger partial charge on any atom is 0.291 e. The van der Waals surface area contributed by atoms with Crippen LogP contribution in [0.1, 0.15) is 9.67 Å². The lowest BCUT2D eigenvalue weighted by Crippen LogP contribution is -2.18. The third kappa shape index (κ3) is 4.09. The summed E-state index contributed by atoms with van der Waals surface area (Å²) in [7, 11) is -3.32. The van der Waals surface area contributed by atoms with E-state index in [9.17, 15) is 13.2 Å². The highest BCUT2D eigenvalue weighted by molar-refractivity contribution is 7.98. The first kappa shape index (κ1) is 21.6. The highest BCUT2D eigenvalue weighted by Gasteiger charge is 2.18.